The number of benzene rings is 1. The number of anilines is 3. The van der Waals surface area contributed by atoms with E-state index in [1.165, 1.54) is 0 Å². The predicted octanol–water partition coefficient (Wildman–Crippen LogP) is 4.19. The lowest BCUT2D eigenvalue weighted by molar-refractivity contribution is 0.122. The summed E-state index contributed by atoms with van der Waals surface area (Å²) < 4.78 is 19.9. The quantitative estimate of drug-likeness (QED) is 0.552. The van der Waals surface area contributed by atoms with E-state index in [0.717, 1.165) is 49.9 Å². The maximum Gasteiger partial charge on any atom is 0.228 e. The first-order valence-corrected chi connectivity index (χ1v) is 12.0. The molecule has 1 unspecified atom stereocenters. The number of pyridine rings is 1. The van der Waals surface area contributed by atoms with Crippen LogP contribution in [0.5, 0.6) is 0 Å². The molecule has 0 saturated carbocycles. The van der Waals surface area contributed by atoms with Gasteiger partial charge in [0, 0.05) is 56.6 Å². The first-order chi connectivity index (χ1) is 16.5. The summed E-state index contributed by atoms with van der Waals surface area (Å²) >= 11 is 6.39. The molecule has 7 nitrogen and oxygen atoms in total. The fourth-order valence-electron chi connectivity index (χ4n) is 4.47. The molecule has 0 spiro atoms. The Hall–Kier alpha value is -2.97. The first kappa shape index (κ1) is 22.8. The van der Waals surface area contributed by atoms with E-state index in [9.17, 15) is 4.39 Å². The van der Waals surface area contributed by atoms with Gasteiger partial charge in [-0.3, -0.25) is 0 Å². The minimum absolute atomic E-state index is 0.168. The van der Waals surface area contributed by atoms with Crippen LogP contribution < -0.4 is 14.7 Å². The van der Waals surface area contributed by atoms with Gasteiger partial charge in [-0.1, -0.05) is 23.7 Å². The number of ether oxygens (including phenoxy) is 1. The molecule has 2 aliphatic heterocycles. The summed E-state index contributed by atoms with van der Waals surface area (Å²) in [5, 5.41) is 0.656. The lowest BCUT2D eigenvalue weighted by Crippen LogP contribution is -2.53. The van der Waals surface area contributed by atoms with Gasteiger partial charge in [-0.05, 0) is 37.6 Å². The van der Waals surface area contributed by atoms with Gasteiger partial charge in [0.15, 0.2) is 0 Å². The highest BCUT2D eigenvalue weighted by molar-refractivity contribution is 6.32. The summed E-state index contributed by atoms with van der Waals surface area (Å²) in [5.41, 5.74) is 2.07. The van der Waals surface area contributed by atoms with Gasteiger partial charge < -0.3 is 19.4 Å². The molecule has 1 aromatic carbocycles. The van der Waals surface area contributed by atoms with Crippen LogP contribution in [0.1, 0.15) is 12.5 Å². The highest BCUT2D eigenvalue weighted by Crippen LogP contribution is 2.30. The highest BCUT2D eigenvalue weighted by Gasteiger charge is 2.28. The van der Waals surface area contributed by atoms with Gasteiger partial charge in [0.25, 0.3) is 0 Å². The van der Waals surface area contributed by atoms with Crippen molar-refractivity contribution >= 4 is 29.2 Å². The predicted molar refractivity (Wildman–Crippen MR) is 133 cm³/mol. The number of rotatable bonds is 4. The van der Waals surface area contributed by atoms with Crippen LogP contribution in [0, 0.1) is 12.7 Å². The molecule has 178 valence electrons. The summed E-state index contributed by atoms with van der Waals surface area (Å²) in [4.78, 5) is 20.9. The van der Waals surface area contributed by atoms with Crippen molar-refractivity contribution in [3.8, 4) is 11.3 Å². The third kappa shape index (κ3) is 4.65. The zero-order valence-corrected chi connectivity index (χ0v) is 20.2. The largest absolute Gasteiger partial charge is 0.378 e. The Labute approximate surface area is 204 Å². The molecule has 2 aromatic heterocycles. The molecular formula is C25H28ClFN6O. The third-order valence-electron chi connectivity index (χ3n) is 6.42. The van der Waals surface area contributed by atoms with E-state index >= 15 is 0 Å². The average Bonchev–Trinajstić information content (AvgIpc) is 2.86. The third-order valence-corrected chi connectivity index (χ3v) is 6.72. The van der Waals surface area contributed by atoms with Crippen LogP contribution in [-0.2, 0) is 4.74 Å². The summed E-state index contributed by atoms with van der Waals surface area (Å²) in [5.74, 6) is 2.06. The summed E-state index contributed by atoms with van der Waals surface area (Å²) in [6.45, 7) is 8.97. The first-order valence-electron chi connectivity index (χ1n) is 11.6. The Morgan fingerprint density at radius 1 is 1.03 bits per heavy atom. The molecule has 1 atom stereocenters. The minimum Gasteiger partial charge on any atom is -0.378 e. The van der Waals surface area contributed by atoms with Crippen LogP contribution in [0.15, 0.2) is 42.6 Å². The van der Waals surface area contributed by atoms with E-state index < -0.39 is 0 Å². The Balaban J connectivity index is 1.47. The number of morpholine rings is 1. The molecule has 9 heteroatoms. The minimum atomic E-state index is -0.236. The summed E-state index contributed by atoms with van der Waals surface area (Å²) in [6, 6.07) is 11.1. The smallest absolute Gasteiger partial charge is 0.228 e. The van der Waals surface area contributed by atoms with Gasteiger partial charge in [-0.2, -0.15) is 4.98 Å². The van der Waals surface area contributed by atoms with Gasteiger partial charge in [0.1, 0.15) is 17.5 Å². The molecule has 2 saturated heterocycles. The summed E-state index contributed by atoms with van der Waals surface area (Å²) in [7, 11) is 0. The van der Waals surface area contributed by atoms with Gasteiger partial charge in [0.2, 0.25) is 5.95 Å². The van der Waals surface area contributed by atoms with Crippen molar-refractivity contribution in [1.82, 2.24) is 15.0 Å². The molecule has 0 aliphatic carbocycles. The number of halogens is 2. The van der Waals surface area contributed by atoms with Crippen LogP contribution in [-0.4, -0.2) is 66.9 Å². The molecule has 2 fully saturated rings. The zero-order valence-electron chi connectivity index (χ0n) is 19.4. The maximum absolute atomic E-state index is 14.4. The Bertz CT molecular complexity index is 1170. The number of hydrogen-bond donors (Lipinski definition) is 0. The standard InChI is InChI=1S/C25H28ClFN6O/c1-17-5-6-19(14-21(17)27)22-15-23(30-25(29-22)31-10-12-34-13-11-31)33-9-8-32(16-18(33)2)24-20(26)4-3-7-28-24/h3-7,14-15,18H,8-13,16H2,1-2H3. The van der Waals surface area contributed by atoms with Crippen LogP contribution in [0.4, 0.5) is 22.0 Å². The van der Waals surface area contributed by atoms with E-state index in [-0.39, 0.29) is 11.9 Å². The molecule has 4 heterocycles. The Kier molecular flexibility index (Phi) is 6.52. The van der Waals surface area contributed by atoms with Crippen LogP contribution in [0.3, 0.4) is 0 Å². The average molecular weight is 483 g/mol. The lowest BCUT2D eigenvalue weighted by atomic mass is 10.1. The fourth-order valence-corrected chi connectivity index (χ4v) is 4.72. The van der Waals surface area contributed by atoms with Crippen molar-refractivity contribution in [2.75, 3.05) is 60.6 Å². The highest BCUT2D eigenvalue weighted by atomic mass is 35.5. The number of nitrogens with zero attached hydrogens (tertiary/aromatic N) is 6. The molecule has 3 aromatic rings. The monoisotopic (exact) mass is 482 g/mol. The van der Waals surface area contributed by atoms with Gasteiger partial charge in [-0.15, -0.1) is 0 Å². The van der Waals surface area contributed by atoms with Gasteiger partial charge in [0.05, 0.1) is 23.9 Å². The Morgan fingerprint density at radius 3 is 2.59 bits per heavy atom. The normalized spacial score (nSPS) is 18.9. The van der Waals surface area contributed by atoms with E-state index in [4.69, 9.17) is 26.3 Å². The number of piperazine rings is 1. The number of aromatic nitrogens is 3. The van der Waals surface area contributed by atoms with E-state index in [1.54, 1.807) is 25.3 Å². The van der Waals surface area contributed by atoms with Crippen molar-refractivity contribution in [1.29, 1.82) is 0 Å². The zero-order chi connectivity index (χ0) is 23.7. The fraction of sp³-hybridized carbons (Fsp3) is 0.400. The second-order valence-corrected chi connectivity index (χ2v) is 9.18. The van der Waals surface area contributed by atoms with E-state index in [1.807, 2.05) is 24.3 Å². The second kappa shape index (κ2) is 9.72. The number of hydrogen-bond acceptors (Lipinski definition) is 7. The molecule has 0 bridgehead atoms. The molecule has 5 rings (SSSR count). The van der Waals surface area contributed by atoms with Crippen LogP contribution >= 0.6 is 11.6 Å². The van der Waals surface area contributed by atoms with Crippen molar-refractivity contribution in [2.45, 2.75) is 19.9 Å². The maximum atomic E-state index is 14.4. The topological polar surface area (TPSA) is 57.6 Å². The molecule has 0 radical (unpaired) electrons. The van der Waals surface area contributed by atoms with Crippen molar-refractivity contribution in [3.05, 3.63) is 59.0 Å². The van der Waals surface area contributed by atoms with Crippen molar-refractivity contribution in [2.24, 2.45) is 0 Å². The van der Waals surface area contributed by atoms with Gasteiger partial charge >= 0.3 is 0 Å². The Morgan fingerprint density at radius 2 is 1.85 bits per heavy atom. The van der Waals surface area contributed by atoms with Gasteiger partial charge in [-0.25, -0.2) is 14.4 Å². The number of aryl methyl sites for hydroxylation is 1. The molecule has 0 N–H and O–H groups in total. The lowest BCUT2D eigenvalue weighted by Gasteiger charge is -2.41. The van der Waals surface area contributed by atoms with Crippen LogP contribution in [0.2, 0.25) is 5.02 Å². The van der Waals surface area contributed by atoms with Crippen molar-refractivity contribution in [3.63, 3.8) is 0 Å². The molecule has 34 heavy (non-hydrogen) atoms. The SMILES string of the molecule is Cc1ccc(-c2cc(N3CCN(c4ncccc4Cl)CC3C)nc(N3CCOCC3)n2)cc1F. The second-order valence-electron chi connectivity index (χ2n) is 8.77. The molecule has 2 aliphatic rings. The van der Waals surface area contributed by atoms with Crippen molar-refractivity contribution < 1.29 is 9.13 Å². The molecule has 0 amide bonds. The van der Waals surface area contributed by atoms with E-state index in [0.29, 0.717) is 35.4 Å². The molecular weight excluding hydrogens is 455 g/mol. The summed E-state index contributed by atoms with van der Waals surface area (Å²) in [6.07, 6.45) is 1.77. The van der Waals surface area contributed by atoms with E-state index in [2.05, 4.69) is 26.6 Å². The van der Waals surface area contributed by atoms with Crippen LogP contribution in [0.25, 0.3) is 11.3 Å².